The van der Waals surface area contributed by atoms with E-state index in [0.29, 0.717) is 5.92 Å². The number of halogens is 1. The number of piperidine rings is 1. The largest absolute Gasteiger partial charge is 0.340 e. The molecule has 0 saturated carbocycles. The number of amides is 1. The number of carbonyl (C=O) groups excluding carboxylic acids is 1. The van der Waals surface area contributed by atoms with Crippen LogP contribution in [0.25, 0.3) is 0 Å². The van der Waals surface area contributed by atoms with Crippen molar-refractivity contribution in [3.8, 4) is 0 Å². The highest BCUT2D eigenvalue weighted by Gasteiger charge is 2.35. The highest BCUT2D eigenvalue weighted by Crippen LogP contribution is 2.33. The topological polar surface area (TPSA) is 46.3 Å². The van der Waals surface area contributed by atoms with Crippen LogP contribution in [0.1, 0.15) is 45.6 Å². The van der Waals surface area contributed by atoms with Crippen LogP contribution >= 0.6 is 12.4 Å². The van der Waals surface area contributed by atoms with Gasteiger partial charge in [-0.2, -0.15) is 0 Å². The second-order valence-corrected chi connectivity index (χ2v) is 7.03. The fraction of sp³-hybridized carbons (Fsp3) is 0.611. The van der Waals surface area contributed by atoms with Crippen LogP contribution < -0.4 is 5.73 Å². The number of nitrogens with zero attached hydrogens (tertiary/aromatic N) is 1. The number of likely N-dealkylation sites (tertiary alicyclic amines) is 1. The van der Waals surface area contributed by atoms with E-state index < -0.39 is 0 Å². The summed E-state index contributed by atoms with van der Waals surface area (Å²) in [6.45, 7) is 8.10. The van der Waals surface area contributed by atoms with Gasteiger partial charge in [0.25, 0.3) is 0 Å². The quantitative estimate of drug-likeness (QED) is 0.923. The van der Waals surface area contributed by atoms with E-state index in [1.165, 1.54) is 5.56 Å². The van der Waals surface area contributed by atoms with E-state index in [0.717, 1.165) is 32.4 Å². The molecule has 1 heterocycles. The fourth-order valence-corrected chi connectivity index (χ4v) is 3.35. The molecule has 124 valence electrons. The zero-order valence-electron chi connectivity index (χ0n) is 13.9. The molecule has 4 heteroatoms. The number of carbonyl (C=O) groups is 1. The minimum absolute atomic E-state index is 0. The van der Waals surface area contributed by atoms with E-state index in [-0.39, 0.29) is 29.8 Å². The van der Waals surface area contributed by atoms with Gasteiger partial charge in [0, 0.05) is 18.5 Å². The van der Waals surface area contributed by atoms with E-state index in [9.17, 15) is 4.79 Å². The lowest BCUT2D eigenvalue weighted by Crippen LogP contribution is -2.52. The molecule has 0 radical (unpaired) electrons. The van der Waals surface area contributed by atoms with Crippen LogP contribution in [0.3, 0.4) is 0 Å². The number of hydrogen-bond acceptors (Lipinski definition) is 2. The molecule has 0 bridgehead atoms. The van der Waals surface area contributed by atoms with Crippen LogP contribution in [0.2, 0.25) is 0 Å². The third-order valence-corrected chi connectivity index (χ3v) is 4.52. The Labute approximate surface area is 140 Å². The molecule has 0 aliphatic carbocycles. The molecule has 1 fully saturated rings. The van der Waals surface area contributed by atoms with Gasteiger partial charge in [-0.25, -0.2) is 0 Å². The molecule has 1 unspecified atom stereocenters. The van der Waals surface area contributed by atoms with Gasteiger partial charge in [0.05, 0.1) is 6.04 Å². The van der Waals surface area contributed by atoms with Crippen molar-refractivity contribution in [1.29, 1.82) is 0 Å². The van der Waals surface area contributed by atoms with Gasteiger partial charge in [-0.1, -0.05) is 51.1 Å². The first-order valence-electron chi connectivity index (χ1n) is 8.02. The molecule has 22 heavy (non-hydrogen) atoms. The summed E-state index contributed by atoms with van der Waals surface area (Å²) in [4.78, 5) is 14.5. The summed E-state index contributed by atoms with van der Waals surface area (Å²) >= 11 is 0. The molecule has 1 aliphatic heterocycles. The van der Waals surface area contributed by atoms with E-state index in [1.807, 2.05) is 11.0 Å². The van der Waals surface area contributed by atoms with Gasteiger partial charge in [0.15, 0.2) is 0 Å². The van der Waals surface area contributed by atoms with Crippen LogP contribution in [0, 0.1) is 5.92 Å². The zero-order valence-corrected chi connectivity index (χ0v) is 14.7. The van der Waals surface area contributed by atoms with Gasteiger partial charge in [0.2, 0.25) is 5.91 Å². The minimum Gasteiger partial charge on any atom is -0.340 e. The Bertz CT molecular complexity index is 477. The van der Waals surface area contributed by atoms with Gasteiger partial charge in [-0.15, -0.1) is 12.4 Å². The highest BCUT2D eigenvalue weighted by atomic mass is 35.5. The van der Waals surface area contributed by atoms with Crippen molar-refractivity contribution >= 4 is 18.3 Å². The third-order valence-electron chi connectivity index (χ3n) is 4.52. The molecule has 2 rings (SSSR count). The van der Waals surface area contributed by atoms with Gasteiger partial charge in [0.1, 0.15) is 0 Å². The van der Waals surface area contributed by atoms with Crippen LogP contribution in [-0.2, 0) is 10.2 Å². The Kier molecular flexibility index (Phi) is 6.89. The Morgan fingerprint density at radius 1 is 1.32 bits per heavy atom. The number of rotatable bonds is 4. The van der Waals surface area contributed by atoms with E-state index >= 15 is 0 Å². The van der Waals surface area contributed by atoms with Crippen LogP contribution in [-0.4, -0.2) is 29.9 Å². The summed E-state index contributed by atoms with van der Waals surface area (Å²) in [5.41, 5.74) is 7.45. The first-order chi connectivity index (χ1) is 9.92. The van der Waals surface area contributed by atoms with Gasteiger partial charge in [-0.05, 0) is 30.7 Å². The van der Waals surface area contributed by atoms with Crippen molar-refractivity contribution in [1.82, 2.24) is 4.90 Å². The lowest BCUT2D eigenvalue weighted by Gasteiger charge is -2.42. The lowest BCUT2D eigenvalue weighted by atomic mass is 9.76. The number of benzene rings is 1. The maximum absolute atomic E-state index is 12.6. The van der Waals surface area contributed by atoms with Crippen molar-refractivity contribution in [2.45, 2.75) is 51.5 Å². The van der Waals surface area contributed by atoms with E-state index in [2.05, 4.69) is 45.0 Å². The van der Waals surface area contributed by atoms with Crippen molar-refractivity contribution in [2.24, 2.45) is 11.7 Å². The maximum atomic E-state index is 12.6. The molecule has 2 atom stereocenters. The lowest BCUT2D eigenvalue weighted by molar-refractivity contribution is -0.135. The molecule has 2 N–H and O–H groups in total. The third kappa shape index (κ3) is 4.47. The zero-order chi connectivity index (χ0) is 15.5. The average molecular weight is 325 g/mol. The molecule has 0 aromatic heterocycles. The summed E-state index contributed by atoms with van der Waals surface area (Å²) < 4.78 is 0. The monoisotopic (exact) mass is 324 g/mol. The summed E-state index contributed by atoms with van der Waals surface area (Å²) in [5.74, 6) is 0.569. The molecule has 1 saturated heterocycles. The number of hydrogen-bond donors (Lipinski definition) is 1. The summed E-state index contributed by atoms with van der Waals surface area (Å²) in [7, 11) is 0. The van der Waals surface area contributed by atoms with Crippen molar-refractivity contribution in [3.63, 3.8) is 0 Å². The van der Waals surface area contributed by atoms with Gasteiger partial charge >= 0.3 is 0 Å². The predicted octanol–water partition coefficient (Wildman–Crippen LogP) is 3.36. The van der Waals surface area contributed by atoms with Crippen molar-refractivity contribution in [2.75, 3.05) is 13.1 Å². The average Bonchev–Trinajstić information content (AvgIpc) is 2.47. The highest BCUT2D eigenvalue weighted by molar-refractivity contribution is 5.85. The van der Waals surface area contributed by atoms with Crippen LogP contribution in [0.15, 0.2) is 30.3 Å². The van der Waals surface area contributed by atoms with Crippen molar-refractivity contribution < 1.29 is 4.79 Å². The molecule has 3 nitrogen and oxygen atoms in total. The van der Waals surface area contributed by atoms with Gasteiger partial charge in [-0.3, -0.25) is 4.79 Å². The Morgan fingerprint density at radius 3 is 2.55 bits per heavy atom. The molecule has 1 aromatic carbocycles. The number of nitrogens with two attached hydrogens (primary N) is 1. The maximum Gasteiger partial charge on any atom is 0.239 e. The van der Waals surface area contributed by atoms with Crippen LogP contribution in [0.4, 0.5) is 0 Å². The molecule has 0 spiro atoms. The Balaban J connectivity index is 0.00000242. The Hall–Kier alpha value is -1.06. The molecule has 1 aliphatic rings. The smallest absolute Gasteiger partial charge is 0.239 e. The second kappa shape index (κ2) is 7.98. The summed E-state index contributed by atoms with van der Waals surface area (Å²) in [6.07, 6.45) is 2.93. The molecular weight excluding hydrogens is 296 g/mol. The summed E-state index contributed by atoms with van der Waals surface area (Å²) in [6, 6.07) is 10.2. The first kappa shape index (κ1) is 19.0. The SMILES string of the molecule is CC(C)C[C@H](N)C(=O)N1CCCC(C)(c2ccccc2)C1.Cl. The molecule has 1 aromatic rings. The molecular formula is C18H29ClN2O. The van der Waals surface area contributed by atoms with Crippen molar-refractivity contribution in [3.05, 3.63) is 35.9 Å². The predicted molar refractivity (Wildman–Crippen MR) is 94.3 cm³/mol. The first-order valence-corrected chi connectivity index (χ1v) is 8.02. The standard InChI is InChI=1S/C18H28N2O.ClH/c1-14(2)12-16(19)17(21)20-11-7-10-18(3,13-20)15-8-5-4-6-9-15;/h4-6,8-9,14,16H,7,10-13,19H2,1-3H3;1H/t16-,18?;/m0./s1. The minimum atomic E-state index is -0.358. The fourth-order valence-electron chi connectivity index (χ4n) is 3.35. The Morgan fingerprint density at radius 2 is 1.95 bits per heavy atom. The normalized spacial score (nSPS) is 23.0. The van der Waals surface area contributed by atoms with E-state index in [4.69, 9.17) is 5.73 Å². The van der Waals surface area contributed by atoms with Crippen LogP contribution in [0.5, 0.6) is 0 Å². The van der Waals surface area contributed by atoms with E-state index in [1.54, 1.807) is 0 Å². The molecule has 1 amide bonds. The second-order valence-electron chi connectivity index (χ2n) is 7.03. The summed E-state index contributed by atoms with van der Waals surface area (Å²) in [5, 5.41) is 0. The van der Waals surface area contributed by atoms with Gasteiger partial charge < -0.3 is 10.6 Å².